The first kappa shape index (κ1) is 25.8. The molecule has 0 aliphatic carbocycles. The highest BCUT2D eigenvalue weighted by molar-refractivity contribution is 7.13. The average molecular weight is 512 g/mol. The van der Waals surface area contributed by atoms with Crippen molar-refractivity contribution in [2.75, 3.05) is 13.6 Å². The first-order chi connectivity index (χ1) is 16.9. The second kappa shape index (κ2) is 10.0. The highest BCUT2D eigenvalue weighted by Crippen LogP contribution is 2.33. The molecule has 3 atom stereocenters. The number of aryl methyl sites for hydroxylation is 1. The minimum absolute atomic E-state index is 0.150. The molecule has 4 rings (SSSR count). The Kier molecular flexibility index (Phi) is 7.19. The molecule has 0 spiro atoms. The number of H-pyrrole nitrogens is 1. The minimum atomic E-state index is -0.689. The summed E-state index contributed by atoms with van der Waals surface area (Å²) in [5.74, 6) is 0.233. The van der Waals surface area contributed by atoms with Crippen molar-refractivity contribution < 1.29 is 19.4 Å². The summed E-state index contributed by atoms with van der Waals surface area (Å²) in [6, 6.07) is 7.49. The van der Waals surface area contributed by atoms with E-state index in [2.05, 4.69) is 27.1 Å². The number of nitrogens with zero attached hydrogens (tertiary/aromatic N) is 4. The van der Waals surface area contributed by atoms with Crippen molar-refractivity contribution in [3.05, 3.63) is 58.7 Å². The number of carbonyl (C=O) groups excluding carboxylic acids is 2. The number of carbonyl (C=O) groups is 2. The molecule has 10 heteroatoms. The van der Waals surface area contributed by atoms with E-state index in [0.717, 1.165) is 21.7 Å². The van der Waals surface area contributed by atoms with Crippen molar-refractivity contribution in [2.45, 2.75) is 64.8 Å². The van der Waals surface area contributed by atoms with E-state index in [0.29, 0.717) is 17.9 Å². The summed E-state index contributed by atoms with van der Waals surface area (Å²) in [5.41, 5.74) is 4.62. The summed E-state index contributed by atoms with van der Waals surface area (Å²) >= 11 is 1.61. The average Bonchev–Trinajstić information content (AvgIpc) is 3.56. The van der Waals surface area contributed by atoms with Crippen molar-refractivity contribution in [3.8, 4) is 10.4 Å². The maximum atomic E-state index is 13.2. The molecule has 2 aromatic heterocycles. The zero-order valence-corrected chi connectivity index (χ0v) is 22.3. The van der Waals surface area contributed by atoms with Crippen LogP contribution >= 0.6 is 11.3 Å². The molecule has 0 unspecified atom stereocenters. The lowest BCUT2D eigenvalue weighted by molar-refractivity contribution is 0.0201. The van der Waals surface area contributed by atoms with E-state index in [9.17, 15) is 14.7 Å². The fourth-order valence-electron chi connectivity index (χ4n) is 4.29. The van der Waals surface area contributed by atoms with Gasteiger partial charge < -0.3 is 19.7 Å². The Morgan fingerprint density at radius 3 is 2.56 bits per heavy atom. The lowest BCUT2D eigenvalue weighted by atomic mass is 10.0. The van der Waals surface area contributed by atoms with E-state index in [4.69, 9.17) is 4.74 Å². The number of aliphatic hydroxyl groups excluding tert-OH is 1. The Bertz CT molecular complexity index is 1230. The van der Waals surface area contributed by atoms with Gasteiger partial charge >= 0.3 is 6.09 Å². The normalized spacial score (nSPS) is 18.8. The van der Waals surface area contributed by atoms with Crippen LogP contribution in [0.15, 0.2) is 36.0 Å². The maximum Gasteiger partial charge on any atom is 0.411 e. The summed E-state index contributed by atoms with van der Waals surface area (Å²) in [6.07, 6.45) is 0.592. The molecule has 36 heavy (non-hydrogen) atoms. The third kappa shape index (κ3) is 5.44. The first-order valence-corrected chi connectivity index (χ1v) is 12.8. The van der Waals surface area contributed by atoms with E-state index in [1.165, 1.54) is 11.1 Å². The monoisotopic (exact) mass is 511 g/mol. The largest absolute Gasteiger partial charge is 0.444 e. The smallest absolute Gasteiger partial charge is 0.411 e. The minimum Gasteiger partial charge on any atom is -0.444 e. The standard InChI is InChI=1S/C26H33N5O4S/c1-15-22(36-14-28-15)18-9-7-17(8-10-18)16(2)30(6)24(33)20-12-27-23(29-20)21-11-19(32)13-31(21)25(34)35-26(3,4)5/h7-10,12,14,16,19,21,32H,11,13H2,1-6H3,(H,27,29)/t16-,19+,21-/m0/s1. The summed E-state index contributed by atoms with van der Waals surface area (Å²) in [7, 11) is 1.75. The molecule has 9 nitrogen and oxygen atoms in total. The van der Waals surface area contributed by atoms with Gasteiger partial charge in [0.1, 0.15) is 17.1 Å². The van der Waals surface area contributed by atoms with E-state index < -0.39 is 23.8 Å². The number of thiazole rings is 1. The van der Waals surface area contributed by atoms with Gasteiger partial charge in [-0.05, 0) is 45.7 Å². The van der Waals surface area contributed by atoms with Crippen LogP contribution in [0.1, 0.15) is 73.8 Å². The van der Waals surface area contributed by atoms with Crippen LogP contribution in [0, 0.1) is 6.92 Å². The Morgan fingerprint density at radius 1 is 1.25 bits per heavy atom. The van der Waals surface area contributed by atoms with Crippen LogP contribution < -0.4 is 0 Å². The van der Waals surface area contributed by atoms with Crippen LogP contribution in [0.2, 0.25) is 0 Å². The van der Waals surface area contributed by atoms with E-state index in [1.807, 2.05) is 31.5 Å². The molecule has 1 saturated heterocycles. The van der Waals surface area contributed by atoms with Gasteiger partial charge in [0.25, 0.3) is 5.91 Å². The van der Waals surface area contributed by atoms with Gasteiger partial charge in [-0.3, -0.25) is 9.69 Å². The van der Waals surface area contributed by atoms with Gasteiger partial charge in [0.05, 0.1) is 47.0 Å². The Labute approximate surface area is 215 Å². The molecule has 0 saturated carbocycles. The number of amides is 2. The molecule has 1 aliphatic rings. The number of aromatic amines is 1. The number of ether oxygens (including phenoxy) is 1. The van der Waals surface area contributed by atoms with Gasteiger partial charge in [-0.25, -0.2) is 14.8 Å². The highest BCUT2D eigenvalue weighted by atomic mass is 32.1. The number of hydrogen-bond acceptors (Lipinski definition) is 7. The van der Waals surface area contributed by atoms with Crippen LogP contribution in [0.4, 0.5) is 4.79 Å². The molecular formula is C26H33N5O4S. The lowest BCUT2D eigenvalue weighted by Gasteiger charge is -2.27. The van der Waals surface area contributed by atoms with E-state index in [-0.39, 0.29) is 18.5 Å². The Balaban J connectivity index is 1.47. The molecule has 3 aromatic rings. The molecule has 2 N–H and O–H groups in total. The van der Waals surface area contributed by atoms with Gasteiger partial charge in [0.15, 0.2) is 0 Å². The molecule has 1 fully saturated rings. The Morgan fingerprint density at radius 2 is 1.94 bits per heavy atom. The zero-order chi connectivity index (χ0) is 26.2. The van der Waals surface area contributed by atoms with Gasteiger partial charge in [-0.2, -0.15) is 0 Å². The molecule has 192 valence electrons. The van der Waals surface area contributed by atoms with Crippen LogP contribution in [-0.4, -0.2) is 67.2 Å². The third-order valence-electron chi connectivity index (χ3n) is 6.35. The second-order valence-corrected chi connectivity index (χ2v) is 11.1. The SMILES string of the molecule is Cc1ncsc1-c1ccc([C@H](C)N(C)C(=O)c2cnc([C@@H]3C[C@@H](O)CN3C(=O)OC(C)(C)C)[nH]2)cc1. The maximum absolute atomic E-state index is 13.2. The lowest BCUT2D eigenvalue weighted by Crippen LogP contribution is -2.37. The molecule has 2 amide bonds. The van der Waals surface area contributed by atoms with Crippen LogP contribution in [0.25, 0.3) is 10.4 Å². The first-order valence-electron chi connectivity index (χ1n) is 11.9. The number of likely N-dealkylation sites (tertiary alicyclic amines) is 1. The number of benzene rings is 1. The number of hydrogen-bond donors (Lipinski definition) is 2. The van der Waals surface area contributed by atoms with Crippen molar-refractivity contribution >= 4 is 23.3 Å². The number of aliphatic hydroxyl groups is 1. The van der Waals surface area contributed by atoms with Crippen molar-refractivity contribution in [1.82, 2.24) is 24.8 Å². The topological polar surface area (TPSA) is 112 Å². The van der Waals surface area contributed by atoms with Gasteiger partial charge in [0, 0.05) is 13.5 Å². The van der Waals surface area contributed by atoms with Gasteiger partial charge in [-0.15, -0.1) is 11.3 Å². The fourth-order valence-corrected chi connectivity index (χ4v) is 5.10. The third-order valence-corrected chi connectivity index (χ3v) is 7.33. The second-order valence-electron chi connectivity index (χ2n) is 10.2. The Hall–Kier alpha value is -3.24. The van der Waals surface area contributed by atoms with Crippen molar-refractivity contribution in [1.29, 1.82) is 0 Å². The zero-order valence-electron chi connectivity index (χ0n) is 21.5. The molecule has 1 aromatic carbocycles. The quantitative estimate of drug-likeness (QED) is 0.513. The van der Waals surface area contributed by atoms with Crippen molar-refractivity contribution in [3.63, 3.8) is 0 Å². The molecular weight excluding hydrogens is 478 g/mol. The predicted molar refractivity (Wildman–Crippen MR) is 138 cm³/mol. The number of rotatable bonds is 5. The predicted octanol–water partition coefficient (Wildman–Crippen LogP) is 4.72. The van der Waals surface area contributed by atoms with Crippen LogP contribution in [0.3, 0.4) is 0 Å². The molecule has 1 aliphatic heterocycles. The van der Waals surface area contributed by atoms with E-state index in [1.54, 1.807) is 44.1 Å². The summed E-state index contributed by atoms with van der Waals surface area (Å²) in [4.78, 5) is 41.9. The summed E-state index contributed by atoms with van der Waals surface area (Å²) < 4.78 is 5.49. The number of aromatic nitrogens is 3. The van der Waals surface area contributed by atoms with Gasteiger partial charge in [-0.1, -0.05) is 24.3 Å². The summed E-state index contributed by atoms with van der Waals surface area (Å²) in [6.45, 7) is 9.49. The highest BCUT2D eigenvalue weighted by Gasteiger charge is 2.39. The van der Waals surface area contributed by atoms with E-state index >= 15 is 0 Å². The summed E-state index contributed by atoms with van der Waals surface area (Å²) in [5, 5.41) is 10.2. The van der Waals surface area contributed by atoms with Crippen molar-refractivity contribution in [2.24, 2.45) is 0 Å². The van der Waals surface area contributed by atoms with Gasteiger partial charge in [0.2, 0.25) is 0 Å². The molecule has 0 radical (unpaired) electrons. The number of β-amino-alcohol motifs (C(OH)–C–C–N with tert-alkyl or cyclic N) is 1. The molecule has 3 heterocycles. The fraction of sp³-hybridized carbons (Fsp3) is 0.462. The number of imidazole rings is 1. The van der Waals surface area contributed by atoms with Crippen LogP contribution in [0.5, 0.6) is 0 Å². The van der Waals surface area contributed by atoms with Crippen LogP contribution in [-0.2, 0) is 4.74 Å². The number of nitrogens with one attached hydrogen (secondary N) is 1. The molecule has 0 bridgehead atoms.